The van der Waals surface area contributed by atoms with Crippen LogP contribution >= 0.6 is 0 Å². The number of ether oxygens (including phenoxy) is 1. The summed E-state index contributed by atoms with van der Waals surface area (Å²) in [5.41, 5.74) is 0. The van der Waals surface area contributed by atoms with Gasteiger partial charge in [0, 0.05) is 5.92 Å². The molecule has 0 bridgehead atoms. The molecule has 4 atom stereocenters. The number of hydrogen-bond donors (Lipinski definition) is 2. The van der Waals surface area contributed by atoms with Crippen LogP contribution in [-0.2, 0) is 9.53 Å². The quantitative estimate of drug-likeness (QED) is 0.673. The summed E-state index contributed by atoms with van der Waals surface area (Å²) in [5.74, 6) is -0.0670. The van der Waals surface area contributed by atoms with Gasteiger partial charge in [-0.1, -0.05) is 20.3 Å². The van der Waals surface area contributed by atoms with Crippen molar-refractivity contribution in [3.05, 3.63) is 0 Å². The summed E-state index contributed by atoms with van der Waals surface area (Å²) in [5, 5.41) is 12.2. The first kappa shape index (κ1) is 13.3. The van der Waals surface area contributed by atoms with E-state index in [-0.39, 0.29) is 18.0 Å². The third-order valence-electron chi connectivity index (χ3n) is 4.39. The number of piperidine rings is 1. The summed E-state index contributed by atoms with van der Waals surface area (Å²) in [6.07, 6.45) is 1.02. The van der Waals surface area contributed by atoms with E-state index in [2.05, 4.69) is 25.2 Å². The molecule has 18 heavy (non-hydrogen) atoms. The molecule has 0 aromatic heterocycles. The Hall–Kier alpha value is -1.12. The van der Waals surface area contributed by atoms with Gasteiger partial charge in [-0.3, -0.25) is 4.79 Å². The van der Waals surface area contributed by atoms with Gasteiger partial charge < -0.3 is 15.0 Å². The van der Waals surface area contributed by atoms with Gasteiger partial charge in [0.15, 0.2) is 6.17 Å². The van der Waals surface area contributed by atoms with Crippen molar-refractivity contribution in [2.75, 3.05) is 26.3 Å². The summed E-state index contributed by atoms with van der Waals surface area (Å²) in [7, 11) is 0. The zero-order chi connectivity index (χ0) is 13.1. The Morgan fingerprint density at radius 2 is 2.17 bits per heavy atom. The second-order valence-corrected chi connectivity index (χ2v) is 5.29. The van der Waals surface area contributed by atoms with Crippen LogP contribution in [0, 0.1) is 29.1 Å². The number of quaternary nitrogens is 1. The SMILES string of the molecule is CC[C@H]1[C@@H](C)[C@H]([NH+]2CCOCC2)NC(=O)[C@@H]1C#N. The van der Waals surface area contributed by atoms with Crippen LogP contribution in [0.15, 0.2) is 0 Å². The molecule has 2 N–H and O–H groups in total. The van der Waals surface area contributed by atoms with Gasteiger partial charge in [-0.15, -0.1) is 0 Å². The Labute approximate surface area is 108 Å². The topological polar surface area (TPSA) is 66.6 Å². The fraction of sp³-hybridized carbons (Fsp3) is 0.846. The lowest BCUT2D eigenvalue weighted by molar-refractivity contribution is -0.940. The van der Waals surface area contributed by atoms with Gasteiger partial charge in [0.2, 0.25) is 5.91 Å². The number of rotatable bonds is 2. The number of hydrogen-bond acceptors (Lipinski definition) is 3. The smallest absolute Gasteiger partial charge is 0.242 e. The van der Waals surface area contributed by atoms with Gasteiger partial charge in [-0.25, -0.2) is 0 Å². The minimum atomic E-state index is -0.485. The largest absolute Gasteiger partial charge is 0.370 e. The minimum absolute atomic E-state index is 0.0913. The van der Waals surface area contributed by atoms with Crippen molar-refractivity contribution in [3.8, 4) is 6.07 Å². The van der Waals surface area contributed by atoms with Gasteiger partial charge >= 0.3 is 0 Å². The van der Waals surface area contributed by atoms with Crippen LogP contribution in [0.5, 0.6) is 0 Å². The van der Waals surface area contributed by atoms with E-state index in [1.807, 2.05) is 0 Å². The fourth-order valence-electron chi connectivity index (χ4n) is 3.30. The van der Waals surface area contributed by atoms with Crippen molar-refractivity contribution < 1.29 is 14.4 Å². The predicted molar refractivity (Wildman–Crippen MR) is 65.5 cm³/mol. The first-order chi connectivity index (χ1) is 8.69. The zero-order valence-corrected chi connectivity index (χ0v) is 11.1. The number of morpholine rings is 1. The molecule has 0 spiro atoms. The summed E-state index contributed by atoms with van der Waals surface area (Å²) < 4.78 is 5.36. The fourth-order valence-corrected chi connectivity index (χ4v) is 3.30. The third kappa shape index (κ3) is 2.36. The van der Waals surface area contributed by atoms with E-state index in [1.165, 1.54) is 4.90 Å². The monoisotopic (exact) mass is 252 g/mol. The molecular formula is C13H22N3O2+. The molecule has 0 aromatic carbocycles. The molecule has 0 aromatic rings. The summed E-state index contributed by atoms with van der Waals surface area (Å²) in [6, 6.07) is 2.16. The molecule has 5 heteroatoms. The third-order valence-corrected chi connectivity index (χ3v) is 4.39. The molecule has 2 heterocycles. The molecule has 2 rings (SSSR count). The van der Waals surface area contributed by atoms with E-state index in [0.717, 1.165) is 32.7 Å². The van der Waals surface area contributed by atoms with Gasteiger partial charge in [-0.2, -0.15) is 5.26 Å². The second-order valence-electron chi connectivity index (χ2n) is 5.29. The standard InChI is InChI=1S/C13H21N3O2/c1-3-10-9(2)12(15-13(17)11(10)8-14)16-4-6-18-7-5-16/h9-12H,3-7H2,1-2H3,(H,15,17)/p+1/t9-,10+,11-,12+/m1/s1. The molecule has 0 saturated carbocycles. The molecule has 2 fully saturated rings. The molecular weight excluding hydrogens is 230 g/mol. The van der Waals surface area contributed by atoms with E-state index >= 15 is 0 Å². The first-order valence-corrected chi connectivity index (χ1v) is 6.81. The van der Waals surface area contributed by atoms with Gasteiger partial charge in [0.1, 0.15) is 19.0 Å². The van der Waals surface area contributed by atoms with Gasteiger partial charge in [0.25, 0.3) is 0 Å². The van der Waals surface area contributed by atoms with Crippen LogP contribution in [0.3, 0.4) is 0 Å². The van der Waals surface area contributed by atoms with Crippen molar-refractivity contribution in [2.45, 2.75) is 26.4 Å². The summed E-state index contributed by atoms with van der Waals surface area (Å²) >= 11 is 0. The number of carbonyl (C=O) groups is 1. The Kier molecular flexibility index (Phi) is 4.20. The highest BCUT2D eigenvalue weighted by Gasteiger charge is 2.45. The normalized spacial score (nSPS) is 37.9. The highest BCUT2D eigenvalue weighted by atomic mass is 16.5. The van der Waals surface area contributed by atoms with Crippen LogP contribution in [0.25, 0.3) is 0 Å². The first-order valence-electron chi connectivity index (χ1n) is 6.81. The average molecular weight is 252 g/mol. The number of carbonyl (C=O) groups excluding carboxylic acids is 1. The lowest BCUT2D eigenvalue weighted by Crippen LogP contribution is -3.20. The van der Waals surface area contributed by atoms with E-state index in [1.54, 1.807) is 0 Å². The van der Waals surface area contributed by atoms with Crippen LogP contribution in [0.4, 0.5) is 0 Å². The van der Waals surface area contributed by atoms with Crippen molar-refractivity contribution in [3.63, 3.8) is 0 Å². The second kappa shape index (κ2) is 5.68. The van der Waals surface area contributed by atoms with Gasteiger partial charge in [-0.05, 0) is 5.92 Å². The van der Waals surface area contributed by atoms with E-state index in [9.17, 15) is 4.79 Å². The summed E-state index contributed by atoms with van der Waals surface area (Å²) in [4.78, 5) is 13.4. The highest BCUT2D eigenvalue weighted by molar-refractivity contribution is 5.82. The number of amides is 1. The van der Waals surface area contributed by atoms with Gasteiger partial charge in [0.05, 0.1) is 19.3 Å². The molecule has 0 aliphatic carbocycles. The molecule has 0 radical (unpaired) electrons. The Bertz CT molecular complexity index is 347. The lowest BCUT2D eigenvalue weighted by Gasteiger charge is -2.42. The number of nitriles is 1. The average Bonchev–Trinajstić information content (AvgIpc) is 2.41. The maximum Gasteiger partial charge on any atom is 0.242 e. The molecule has 100 valence electrons. The maximum absolute atomic E-state index is 12.0. The van der Waals surface area contributed by atoms with Crippen LogP contribution in [0.2, 0.25) is 0 Å². The van der Waals surface area contributed by atoms with Crippen molar-refractivity contribution >= 4 is 5.91 Å². The minimum Gasteiger partial charge on any atom is -0.370 e. The Balaban J connectivity index is 2.13. The van der Waals surface area contributed by atoms with E-state index in [0.29, 0.717) is 5.92 Å². The summed E-state index contributed by atoms with van der Waals surface area (Å²) in [6.45, 7) is 7.60. The molecule has 0 unspecified atom stereocenters. The maximum atomic E-state index is 12.0. The van der Waals surface area contributed by atoms with Crippen molar-refractivity contribution in [2.24, 2.45) is 17.8 Å². The van der Waals surface area contributed by atoms with E-state index < -0.39 is 5.92 Å². The molecule has 1 amide bonds. The van der Waals surface area contributed by atoms with Crippen LogP contribution in [-0.4, -0.2) is 38.4 Å². The van der Waals surface area contributed by atoms with Crippen molar-refractivity contribution in [1.29, 1.82) is 5.26 Å². The number of nitrogens with one attached hydrogen (secondary N) is 2. The van der Waals surface area contributed by atoms with E-state index in [4.69, 9.17) is 10.00 Å². The molecule has 2 aliphatic heterocycles. The lowest BCUT2D eigenvalue weighted by atomic mass is 9.76. The Morgan fingerprint density at radius 1 is 1.50 bits per heavy atom. The molecule has 5 nitrogen and oxygen atoms in total. The number of nitrogens with zero attached hydrogens (tertiary/aromatic N) is 1. The van der Waals surface area contributed by atoms with Crippen molar-refractivity contribution in [1.82, 2.24) is 5.32 Å². The predicted octanol–water partition coefficient (Wildman–Crippen LogP) is -0.841. The molecule has 2 aliphatic rings. The van der Waals surface area contributed by atoms with Crippen LogP contribution in [0.1, 0.15) is 20.3 Å². The zero-order valence-electron chi connectivity index (χ0n) is 11.1. The van der Waals surface area contributed by atoms with Crippen LogP contribution < -0.4 is 10.2 Å². The molecule has 2 saturated heterocycles. The highest BCUT2D eigenvalue weighted by Crippen LogP contribution is 2.29. The Morgan fingerprint density at radius 3 is 2.72 bits per heavy atom.